The third-order valence-electron chi connectivity index (χ3n) is 0.957. The van der Waals surface area contributed by atoms with Gasteiger partial charge in [0.05, 0.1) is 0 Å². The van der Waals surface area contributed by atoms with Gasteiger partial charge in [-0.15, -0.1) is 0 Å². The topological polar surface area (TPSA) is 0 Å². The van der Waals surface area contributed by atoms with E-state index in [-0.39, 0.29) is 12.2 Å². The zero-order valence-corrected chi connectivity index (χ0v) is 5.08. The molecule has 0 aliphatic carbocycles. The minimum atomic E-state index is -4.20. The molecule has 0 aliphatic rings. The van der Waals surface area contributed by atoms with E-state index in [0.717, 1.165) is 0 Å². The van der Waals surface area contributed by atoms with Crippen molar-refractivity contribution in [1.82, 2.24) is 0 Å². The number of alkyl halides is 4. The first-order valence-corrected chi connectivity index (χ1v) is 2.40. The quantitative estimate of drug-likeness (QED) is 0.433. The van der Waals surface area contributed by atoms with E-state index in [1.165, 1.54) is 0 Å². The molecule has 0 saturated carbocycles. The second-order valence-electron chi connectivity index (χ2n) is 1.65. The third kappa shape index (κ3) is 1.37. The van der Waals surface area contributed by atoms with E-state index >= 15 is 0 Å². The summed E-state index contributed by atoms with van der Waals surface area (Å²) in [6.07, 6.45) is -0.205. The molecule has 0 aromatic rings. The number of allylic oxidation sites excluding steroid dienone is 2. The first kappa shape index (κ1) is 9.20. The maximum absolute atomic E-state index is 12.0. The predicted octanol–water partition coefficient (Wildman–Crippen LogP) is 2.63. The summed E-state index contributed by atoms with van der Waals surface area (Å²) < 4.78 is 48.0. The van der Waals surface area contributed by atoms with Gasteiger partial charge >= 0.3 is 11.8 Å². The van der Waals surface area contributed by atoms with Crippen molar-refractivity contribution in [1.29, 1.82) is 0 Å². The molecule has 4 heteroatoms. The molecule has 0 nitrogen and oxygen atoms in total. The van der Waals surface area contributed by atoms with Gasteiger partial charge in [0.15, 0.2) is 0 Å². The van der Waals surface area contributed by atoms with E-state index in [1.807, 2.05) is 0 Å². The summed E-state index contributed by atoms with van der Waals surface area (Å²) in [6, 6.07) is 0. The smallest absolute Gasteiger partial charge is 0.195 e. The summed E-state index contributed by atoms with van der Waals surface area (Å²) in [5.41, 5.74) is 0. The maximum atomic E-state index is 12.0. The lowest BCUT2D eigenvalue weighted by molar-refractivity contribution is -0.146. The molecule has 0 aromatic heterocycles. The molecule has 0 bridgehead atoms. The van der Waals surface area contributed by atoms with Crippen molar-refractivity contribution in [3.8, 4) is 0 Å². The van der Waals surface area contributed by atoms with Gasteiger partial charge in [-0.25, -0.2) is 0 Å². The number of halogens is 4. The lowest BCUT2D eigenvalue weighted by atomic mass is 10.2. The van der Waals surface area contributed by atoms with Crippen LogP contribution in [0, 0.1) is 0 Å². The molecule has 10 heavy (non-hydrogen) atoms. The summed E-state index contributed by atoms with van der Waals surface area (Å²) in [7, 11) is 0. The monoisotopic (exact) mass is 154 g/mol. The minimum Gasteiger partial charge on any atom is -0.195 e. The molecule has 0 atom stereocenters. The van der Waals surface area contributed by atoms with Crippen LogP contribution in [0.4, 0.5) is 17.6 Å². The second-order valence-corrected chi connectivity index (χ2v) is 1.65. The van der Waals surface area contributed by atoms with Gasteiger partial charge < -0.3 is 0 Å². The highest BCUT2D eigenvalue weighted by molar-refractivity contribution is 5.06. The van der Waals surface area contributed by atoms with Crippen molar-refractivity contribution >= 4 is 0 Å². The predicted molar refractivity (Wildman–Crippen MR) is 30.3 cm³/mol. The highest BCUT2D eigenvalue weighted by Crippen LogP contribution is 2.35. The fourth-order valence-corrected chi connectivity index (χ4v) is 0.272. The molecule has 58 valence electrons. The van der Waals surface area contributed by atoms with Crippen LogP contribution in [-0.4, -0.2) is 11.8 Å². The Bertz CT molecular complexity index is 130. The molecule has 0 aliphatic heterocycles. The number of rotatable bonds is 3. The lowest BCUT2D eigenvalue weighted by Crippen LogP contribution is -2.36. The lowest BCUT2D eigenvalue weighted by Gasteiger charge is -2.19. The molecule has 0 amide bonds. The van der Waals surface area contributed by atoms with Crippen LogP contribution in [0.5, 0.6) is 0 Å². The fourth-order valence-electron chi connectivity index (χ4n) is 0.272. The summed E-state index contributed by atoms with van der Waals surface area (Å²) in [5, 5.41) is 0. The van der Waals surface area contributed by atoms with Gasteiger partial charge in [-0.3, -0.25) is 0 Å². The highest BCUT2D eigenvalue weighted by Gasteiger charge is 2.51. The molecule has 0 spiro atoms. The number of hydrogen-bond acceptors (Lipinski definition) is 0. The molecule has 0 aromatic carbocycles. The van der Waals surface area contributed by atoms with Gasteiger partial charge in [0, 0.05) is 0 Å². The van der Waals surface area contributed by atoms with E-state index in [0.29, 0.717) is 0 Å². The first-order chi connectivity index (χ1) is 4.37. The Morgan fingerprint density at radius 2 is 1.00 bits per heavy atom. The van der Waals surface area contributed by atoms with Crippen LogP contribution in [0.25, 0.3) is 0 Å². The van der Waals surface area contributed by atoms with Gasteiger partial charge in [0.1, 0.15) is 0 Å². The van der Waals surface area contributed by atoms with Crippen LogP contribution in [0.1, 0.15) is 0 Å². The summed E-state index contributed by atoms with van der Waals surface area (Å²) in [4.78, 5) is 0. The van der Waals surface area contributed by atoms with Crippen LogP contribution < -0.4 is 0 Å². The van der Waals surface area contributed by atoms with Crippen molar-refractivity contribution in [2.24, 2.45) is 0 Å². The molecule has 0 radical (unpaired) electrons. The largest absolute Gasteiger partial charge is 0.332 e. The molecule has 0 fully saturated rings. The normalized spacial score (nSPS) is 12.8. The molecule has 0 N–H and O–H groups in total. The Balaban J connectivity index is 4.59. The Labute approximate surface area is 55.8 Å². The second kappa shape index (κ2) is 2.44. The SMILES string of the molecule is C=CC(F)(F)C(F)(F)C=C. The highest BCUT2D eigenvalue weighted by atomic mass is 19.3. The standard InChI is InChI=1S/C6H6F4/c1-3-5(7,8)6(9,10)4-2/h3-4H,1-2H2. The van der Waals surface area contributed by atoms with Gasteiger partial charge in [-0.1, -0.05) is 13.2 Å². The molecule has 0 saturated heterocycles. The summed E-state index contributed by atoms with van der Waals surface area (Å²) >= 11 is 0. The van der Waals surface area contributed by atoms with Gasteiger partial charge in [-0.2, -0.15) is 17.6 Å². The van der Waals surface area contributed by atoms with Crippen LogP contribution in [0.15, 0.2) is 25.3 Å². The van der Waals surface area contributed by atoms with Crippen molar-refractivity contribution in [2.75, 3.05) is 0 Å². The van der Waals surface area contributed by atoms with E-state index in [1.54, 1.807) is 0 Å². The molecule has 0 heterocycles. The Kier molecular flexibility index (Phi) is 2.24. The average Bonchev–Trinajstić information content (AvgIpc) is 1.88. The van der Waals surface area contributed by atoms with Crippen molar-refractivity contribution < 1.29 is 17.6 Å². The zero-order chi connectivity index (χ0) is 8.41. The summed E-state index contributed by atoms with van der Waals surface area (Å²) in [6.45, 7) is 5.14. The van der Waals surface area contributed by atoms with Crippen LogP contribution in [0.3, 0.4) is 0 Å². The molecule has 0 unspecified atom stereocenters. The number of hydrogen-bond donors (Lipinski definition) is 0. The van der Waals surface area contributed by atoms with Crippen LogP contribution >= 0.6 is 0 Å². The van der Waals surface area contributed by atoms with E-state index < -0.39 is 11.8 Å². The Morgan fingerprint density at radius 3 is 1.10 bits per heavy atom. The van der Waals surface area contributed by atoms with Gasteiger partial charge in [0.2, 0.25) is 0 Å². The van der Waals surface area contributed by atoms with Crippen molar-refractivity contribution in [2.45, 2.75) is 11.8 Å². The minimum absolute atomic E-state index is 0.103. The van der Waals surface area contributed by atoms with E-state index in [4.69, 9.17) is 0 Å². The van der Waals surface area contributed by atoms with Crippen LogP contribution in [-0.2, 0) is 0 Å². The van der Waals surface area contributed by atoms with Gasteiger partial charge in [-0.05, 0) is 12.2 Å². The van der Waals surface area contributed by atoms with E-state index in [9.17, 15) is 17.6 Å². The van der Waals surface area contributed by atoms with Crippen molar-refractivity contribution in [3.63, 3.8) is 0 Å². The average molecular weight is 154 g/mol. The van der Waals surface area contributed by atoms with Gasteiger partial charge in [0.25, 0.3) is 0 Å². The molecule has 0 rings (SSSR count). The third-order valence-corrected chi connectivity index (χ3v) is 0.957. The Morgan fingerprint density at radius 1 is 0.800 bits per heavy atom. The van der Waals surface area contributed by atoms with Crippen LogP contribution in [0.2, 0.25) is 0 Å². The summed E-state index contributed by atoms with van der Waals surface area (Å²) in [5.74, 6) is -8.40. The molecular formula is C6H6F4. The molecular weight excluding hydrogens is 148 g/mol. The Hall–Kier alpha value is -0.800. The van der Waals surface area contributed by atoms with Crippen molar-refractivity contribution in [3.05, 3.63) is 25.3 Å². The fraction of sp³-hybridized carbons (Fsp3) is 0.333. The maximum Gasteiger partial charge on any atom is 0.332 e. The first-order valence-electron chi connectivity index (χ1n) is 2.40. The zero-order valence-electron chi connectivity index (χ0n) is 5.08. The van der Waals surface area contributed by atoms with E-state index in [2.05, 4.69) is 13.2 Å².